The minimum Gasteiger partial charge on any atom is -0.381 e. The van der Waals surface area contributed by atoms with Crippen LogP contribution < -0.4 is 10.6 Å². The first kappa shape index (κ1) is 15.6. The van der Waals surface area contributed by atoms with E-state index in [0.717, 1.165) is 21.1 Å². The maximum absolute atomic E-state index is 6.22. The molecule has 21 heavy (non-hydrogen) atoms. The molecular formula is C17H24BrClN2. The average Bonchev–Trinajstić information content (AvgIpc) is 2.53. The second-order valence-corrected chi connectivity index (χ2v) is 7.56. The molecule has 1 aliphatic heterocycles. The van der Waals surface area contributed by atoms with Gasteiger partial charge in [-0.15, -0.1) is 0 Å². The Morgan fingerprint density at radius 3 is 2.71 bits per heavy atom. The molecule has 0 aromatic heterocycles. The first-order valence-electron chi connectivity index (χ1n) is 8.19. The molecule has 0 amide bonds. The van der Waals surface area contributed by atoms with Gasteiger partial charge in [-0.05, 0) is 66.2 Å². The van der Waals surface area contributed by atoms with Crippen LogP contribution in [0, 0.1) is 5.92 Å². The van der Waals surface area contributed by atoms with Crippen LogP contribution in [0.2, 0.25) is 5.02 Å². The monoisotopic (exact) mass is 370 g/mol. The summed E-state index contributed by atoms with van der Waals surface area (Å²) in [5.74, 6) is 0.741. The van der Waals surface area contributed by atoms with E-state index in [1.165, 1.54) is 51.5 Å². The van der Waals surface area contributed by atoms with Crippen LogP contribution in [0.5, 0.6) is 0 Å². The fourth-order valence-corrected chi connectivity index (χ4v) is 4.43. The van der Waals surface area contributed by atoms with Crippen molar-refractivity contribution in [1.29, 1.82) is 0 Å². The molecule has 1 aromatic rings. The molecule has 1 aromatic carbocycles. The van der Waals surface area contributed by atoms with Crippen molar-refractivity contribution in [2.75, 3.05) is 11.9 Å². The maximum atomic E-state index is 6.22. The highest BCUT2D eigenvalue weighted by atomic mass is 79.9. The summed E-state index contributed by atoms with van der Waals surface area (Å²) in [6.07, 6.45) is 9.36. The minimum atomic E-state index is 0.559. The molecule has 3 rings (SSSR count). The highest BCUT2D eigenvalue weighted by molar-refractivity contribution is 9.10. The summed E-state index contributed by atoms with van der Waals surface area (Å²) in [5, 5.41) is 8.30. The van der Waals surface area contributed by atoms with Gasteiger partial charge in [0.1, 0.15) is 0 Å². The van der Waals surface area contributed by atoms with Crippen LogP contribution >= 0.6 is 27.5 Å². The number of rotatable bonds is 3. The lowest BCUT2D eigenvalue weighted by Gasteiger charge is -2.40. The molecule has 0 bridgehead atoms. The first-order valence-corrected chi connectivity index (χ1v) is 9.37. The van der Waals surface area contributed by atoms with Crippen LogP contribution in [-0.2, 0) is 0 Å². The van der Waals surface area contributed by atoms with Gasteiger partial charge in [0.2, 0.25) is 0 Å². The van der Waals surface area contributed by atoms with Crippen LogP contribution in [0.4, 0.5) is 5.69 Å². The topological polar surface area (TPSA) is 24.1 Å². The summed E-state index contributed by atoms with van der Waals surface area (Å²) in [4.78, 5) is 0. The van der Waals surface area contributed by atoms with E-state index in [9.17, 15) is 0 Å². The largest absolute Gasteiger partial charge is 0.381 e. The molecule has 1 saturated heterocycles. The molecule has 1 aliphatic carbocycles. The number of hydrogen-bond acceptors (Lipinski definition) is 2. The summed E-state index contributed by atoms with van der Waals surface area (Å²) >= 11 is 9.83. The Morgan fingerprint density at radius 2 is 1.90 bits per heavy atom. The van der Waals surface area contributed by atoms with E-state index < -0.39 is 0 Å². The van der Waals surface area contributed by atoms with Crippen LogP contribution in [0.25, 0.3) is 0 Å². The Morgan fingerprint density at radius 1 is 1.10 bits per heavy atom. The van der Waals surface area contributed by atoms with E-state index >= 15 is 0 Å². The molecule has 0 spiro atoms. The van der Waals surface area contributed by atoms with Crippen LogP contribution in [-0.4, -0.2) is 18.6 Å². The predicted molar refractivity (Wildman–Crippen MR) is 94.2 cm³/mol. The molecule has 3 atom stereocenters. The summed E-state index contributed by atoms with van der Waals surface area (Å²) < 4.78 is 0.993. The van der Waals surface area contributed by atoms with Crippen LogP contribution in [0.1, 0.15) is 44.9 Å². The van der Waals surface area contributed by atoms with Gasteiger partial charge in [-0.1, -0.05) is 36.9 Å². The summed E-state index contributed by atoms with van der Waals surface area (Å²) in [6, 6.07) is 7.32. The van der Waals surface area contributed by atoms with Gasteiger partial charge in [0.15, 0.2) is 0 Å². The van der Waals surface area contributed by atoms with Gasteiger partial charge in [-0.3, -0.25) is 0 Å². The second kappa shape index (κ2) is 7.34. The van der Waals surface area contributed by atoms with Gasteiger partial charge < -0.3 is 10.6 Å². The molecule has 2 N–H and O–H groups in total. The number of anilines is 1. The van der Waals surface area contributed by atoms with Gasteiger partial charge in [0.05, 0.1) is 15.2 Å². The molecule has 116 valence electrons. The zero-order valence-corrected chi connectivity index (χ0v) is 14.7. The Kier molecular flexibility index (Phi) is 5.47. The third-order valence-electron chi connectivity index (χ3n) is 4.98. The third kappa shape index (κ3) is 3.75. The van der Waals surface area contributed by atoms with Crippen molar-refractivity contribution in [2.45, 2.75) is 57.0 Å². The molecule has 4 heteroatoms. The van der Waals surface area contributed by atoms with Gasteiger partial charge in [-0.25, -0.2) is 0 Å². The van der Waals surface area contributed by atoms with E-state index in [4.69, 9.17) is 11.6 Å². The Bertz CT molecular complexity index is 474. The predicted octanol–water partition coefficient (Wildman–Crippen LogP) is 5.22. The van der Waals surface area contributed by atoms with Gasteiger partial charge in [0, 0.05) is 12.1 Å². The van der Waals surface area contributed by atoms with Crippen molar-refractivity contribution in [1.82, 2.24) is 5.32 Å². The highest BCUT2D eigenvalue weighted by Gasteiger charge is 2.32. The van der Waals surface area contributed by atoms with Gasteiger partial charge in [0.25, 0.3) is 0 Å². The Balaban J connectivity index is 1.73. The van der Waals surface area contributed by atoms with E-state index in [2.05, 4.69) is 32.6 Å². The summed E-state index contributed by atoms with van der Waals surface area (Å²) in [7, 11) is 0. The fourth-order valence-electron chi connectivity index (χ4n) is 3.88. The first-order chi connectivity index (χ1) is 10.3. The molecule has 3 unspecified atom stereocenters. The standard InChI is InChI=1S/C17H24BrClN2/c18-17-13(19)7-5-10-16(17)21-15-9-2-1-6-12(15)14-8-3-4-11-20-14/h5,7,10,12,14-15,20-21H,1-4,6,8-9,11H2. The van der Waals surface area contributed by atoms with Crippen molar-refractivity contribution in [2.24, 2.45) is 5.92 Å². The minimum absolute atomic E-state index is 0.559. The van der Waals surface area contributed by atoms with Crippen molar-refractivity contribution in [3.63, 3.8) is 0 Å². The molecule has 2 aliphatic rings. The van der Waals surface area contributed by atoms with E-state index in [1.54, 1.807) is 0 Å². The third-order valence-corrected chi connectivity index (χ3v) is 6.37. The SMILES string of the molecule is Clc1cccc(NC2CCCCC2C2CCCCN2)c1Br. The lowest BCUT2D eigenvalue weighted by atomic mass is 9.77. The number of piperidine rings is 1. The number of benzene rings is 1. The smallest absolute Gasteiger partial charge is 0.0593 e. The van der Waals surface area contributed by atoms with E-state index in [-0.39, 0.29) is 0 Å². The zero-order valence-electron chi connectivity index (χ0n) is 12.4. The fraction of sp³-hybridized carbons (Fsp3) is 0.647. The second-order valence-electron chi connectivity index (χ2n) is 6.36. The highest BCUT2D eigenvalue weighted by Crippen LogP contribution is 2.36. The normalized spacial score (nSPS) is 30.1. The van der Waals surface area contributed by atoms with Crippen molar-refractivity contribution >= 4 is 33.2 Å². The van der Waals surface area contributed by atoms with Gasteiger partial charge in [-0.2, -0.15) is 0 Å². The number of nitrogens with one attached hydrogen (secondary N) is 2. The zero-order chi connectivity index (χ0) is 14.7. The van der Waals surface area contributed by atoms with E-state index in [0.29, 0.717) is 12.1 Å². The maximum Gasteiger partial charge on any atom is 0.0593 e. The van der Waals surface area contributed by atoms with E-state index in [1.807, 2.05) is 12.1 Å². The molecular weight excluding hydrogens is 348 g/mol. The van der Waals surface area contributed by atoms with Crippen LogP contribution in [0.15, 0.2) is 22.7 Å². The molecule has 1 saturated carbocycles. The van der Waals surface area contributed by atoms with Crippen molar-refractivity contribution in [3.05, 3.63) is 27.7 Å². The molecule has 0 radical (unpaired) electrons. The summed E-state index contributed by atoms with van der Waals surface area (Å²) in [5.41, 5.74) is 1.13. The Labute approximate surface area is 141 Å². The molecule has 2 fully saturated rings. The van der Waals surface area contributed by atoms with Gasteiger partial charge >= 0.3 is 0 Å². The lowest BCUT2D eigenvalue weighted by Crippen LogP contribution is -2.48. The molecule has 1 heterocycles. The average molecular weight is 372 g/mol. The van der Waals surface area contributed by atoms with Crippen molar-refractivity contribution < 1.29 is 0 Å². The number of hydrogen-bond donors (Lipinski definition) is 2. The lowest BCUT2D eigenvalue weighted by molar-refractivity contribution is 0.217. The molecule has 2 nitrogen and oxygen atoms in total. The summed E-state index contributed by atoms with van der Waals surface area (Å²) in [6.45, 7) is 1.19. The quantitative estimate of drug-likeness (QED) is 0.761. The number of halogens is 2. The van der Waals surface area contributed by atoms with Crippen molar-refractivity contribution in [3.8, 4) is 0 Å². The Hall–Kier alpha value is -0.250. The van der Waals surface area contributed by atoms with Crippen LogP contribution in [0.3, 0.4) is 0 Å².